The van der Waals surface area contributed by atoms with Gasteiger partial charge in [-0.05, 0) is 13.8 Å². The van der Waals surface area contributed by atoms with Crippen molar-refractivity contribution in [1.29, 1.82) is 0 Å². The fourth-order valence-corrected chi connectivity index (χ4v) is 0.749. The van der Waals surface area contributed by atoms with Crippen LogP contribution in [0.15, 0.2) is 0 Å². The van der Waals surface area contributed by atoms with Crippen LogP contribution in [0.3, 0.4) is 0 Å². The summed E-state index contributed by atoms with van der Waals surface area (Å²) < 4.78 is 32.7. The van der Waals surface area contributed by atoms with Gasteiger partial charge in [-0.15, -0.1) is 0 Å². The van der Waals surface area contributed by atoms with Crippen molar-refractivity contribution in [3.63, 3.8) is 0 Å². The molecule has 0 rings (SSSR count). The van der Waals surface area contributed by atoms with Gasteiger partial charge in [0.15, 0.2) is 5.79 Å². The largest absolute Gasteiger partial charge is 1.00 e. The molecule has 0 aliphatic rings. The molecule has 1 N–H and O–H groups in total. The first-order valence-electron chi connectivity index (χ1n) is 2.09. The summed E-state index contributed by atoms with van der Waals surface area (Å²) in [5.74, 6) is -1.92. The second kappa shape index (κ2) is 4.01. The van der Waals surface area contributed by atoms with E-state index in [1.165, 1.54) is 0 Å². The molecule has 0 radical (unpaired) electrons. The summed E-state index contributed by atoms with van der Waals surface area (Å²) in [6.45, 7) is 2.09. The first kappa shape index (κ1) is 13.4. The van der Waals surface area contributed by atoms with Gasteiger partial charge < -0.3 is 9.66 Å². The molecule has 0 aliphatic heterocycles. The van der Waals surface area contributed by atoms with E-state index in [-0.39, 0.29) is 29.6 Å². The Morgan fingerprint density at radius 1 is 1.50 bits per heavy atom. The first-order chi connectivity index (χ1) is 3.71. The van der Waals surface area contributed by atoms with Crippen LogP contribution in [0.5, 0.6) is 0 Å². The van der Waals surface area contributed by atoms with Crippen LogP contribution in [0.4, 0.5) is 0 Å². The second-order valence-corrected chi connectivity index (χ2v) is 2.92. The van der Waals surface area contributed by atoms with Gasteiger partial charge in [-0.3, -0.25) is 0 Å². The molecule has 5 nitrogen and oxygen atoms in total. The number of aliphatic hydroxyl groups is 1. The third-order valence-corrected chi connectivity index (χ3v) is 0.918. The van der Waals surface area contributed by atoms with Crippen molar-refractivity contribution in [2.45, 2.75) is 19.6 Å². The standard InChI is InChI=1S/C3H8O5S.Na/c1-3(2,4)8-9(5,6)7;/h4H,1-2H3,(H,5,6,7);/q;+1/p-1. The van der Waals surface area contributed by atoms with Crippen molar-refractivity contribution in [3.8, 4) is 0 Å². The molecule has 10 heavy (non-hydrogen) atoms. The summed E-state index contributed by atoms with van der Waals surface area (Å²) in [4.78, 5) is 0. The molecule has 0 aromatic carbocycles. The van der Waals surface area contributed by atoms with E-state index in [4.69, 9.17) is 5.11 Å². The molecule has 0 saturated heterocycles. The van der Waals surface area contributed by atoms with Crippen LogP contribution < -0.4 is 29.6 Å². The smallest absolute Gasteiger partial charge is 0.725 e. The average molecular weight is 178 g/mol. The Kier molecular flexibility index (Phi) is 5.38. The summed E-state index contributed by atoms with van der Waals surface area (Å²) in [5, 5.41) is 8.55. The van der Waals surface area contributed by atoms with Crippen LogP contribution in [0.1, 0.15) is 13.8 Å². The normalized spacial score (nSPS) is 12.4. The van der Waals surface area contributed by atoms with E-state index in [0.717, 1.165) is 13.8 Å². The van der Waals surface area contributed by atoms with Crippen LogP contribution in [0, 0.1) is 0 Å². The van der Waals surface area contributed by atoms with Gasteiger partial charge in [0.2, 0.25) is 10.4 Å². The van der Waals surface area contributed by atoms with Crippen LogP contribution in [0.25, 0.3) is 0 Å². The molecule has 0 fully saturated rings. The Morgan fingerprint density at radius 2 is 1.80 bits per heavy atom. The van der Waals surface area contributed by atoms with Gasteiger partial charge in [-0.1, -0.05) is 0 Å². The zero-order valence-electron chi connectivity index (χ0n) is 5.99. The van der Waals surface area contributed by atoms with Crippen LogP contribution in [-0.4, -0.2) is 23.9 Å². The predicted octanol–water partition coefficient (Wildman–Crippen LogP) is -3.80. The van der Waals surface area contributed by atoms with E-state index in [9.17, 15) is 13.0 Å². The third kappa shape index (κ3) is 11.6. The van der Waals surface area contributed by atoms with Crippen LogP contribution in [0.2, 0.25) is 0 Å². The molecule has 0 atom stereocenters. The Bertz CT molecular complexity index is 178. The van der Waals surface area contributed by atoms with Crippen molar-refractivity contribution in [1.82, 2.24) is 0 Å². The minimum atomic E-state index is -4.78. The number of hydrogen-bond acceptors (Lipinski definition) is 5. The minimum absolute atomic E-state index is 0. The summed E-state index contributed by atoms with van der Waals surface area (Å²) in [7, 11) is -4.78. The summed E-state index contributed by atoms with van der Waals surface area (Å²) in [5.41, 5.74) is 0. The first-order valence-corrected chi connectivity index (χ1v) is 3.43. The van der Waals surface area contributed by atoms with Gasteiger partial charge in [-0.25, -0.2) is 12.6 Å². The monoisotopic (exact) mass is 178 g/mol. The van der Waals surface area contributed by atoms with E-state index >= 15 is 0 Å². The maximum absolute atomic E-state index is 9.71. The number of rotatable bonds is 2. The Morgan fingerprint density at radius 3 is 1.80 bits per heavy atom. The van der Waals surface area contributed by atoms with E-state index < -0.39 is 16.2 Å². The van der Waals surface area contributed by atoms with Crippen LogP contribution in [-0.2, 0) is 14.6 Å². The van der Waals surface area contributed by atoms with E-state index in [2.05, 4.69) is 4.18 Å². The number of hydrogen-bond donors (Lipinski definition) is 1. The molecule has 0 saturated carbocycles. The molecule has 0 unspecified atom stereocenters. The van der Waals surface area contributed by atoms with Crippen molar-refractivity contribution < 1.29 is 51.8 Å². The molecule has 7 heteroatoms. The van der Waals surface area contributed by atoms with Crippen LogP contribution >= 0.6 is 0 Å². The van der Waals surface area contributed by atoms with Gasteiger partial charge in [-0.2, -0.15) is 0 Å². The molecule has 0 amide bonds. The van der Waals surface area contributed by atoms with Gasteiger partial charge >= 0.3 is 29.6 Å². The molecule has 0 aliphatic carbocycles. The van der Waals surface area contributed by atoms with E-state index in [1.54, 1.807) is 0 Å². The molecule has 0 aromatic rings. The van der Waals surface area contributed by atoms with Crippen molar-refractivity contribution >= 4 is 10.4 Å². The Hall–Kier alpha value is 0.830. The van der Waals surface area contributed by atoms with Gasteiger partial charge in [0.05, 0.1) is 0 Å². The fourth-order valence-electron chi connectivity index (χ4n) is 0.250. The molecule has 0 aromatic heterocycles. The van der Waals surface area contributed by atoms with E-state index in [1.807, 2.05) is 0 Å². The Balaban J connectivity index is 0. The summed E-state index contributed by atoms with van der Waals surface area (Å²) in [6.07, 6.45) is 0. The van der Waals surface area contributed by atoms with Crippen molar-refractivity contribution in [3.05, 3.63) is 0 Å². The zero-order valence-corrected chi connectivity index (χ0v) is 8.80. The fraction of sp³-hybridized carbons (Fsp3) is 1.00. The zero-order chi connectivity index (χ0) is 7.71. The average Bonchev–Trinajstić information content (AvgIpc) is 1.14. The molecule has 0 heterocycles. The molecular formula is C3H7NaO5S. The maximum atomic E-state index is 9.71. The molecule has 56 valence electrons. The summed E-state index contributed by atoms with van der Waals surface area (Å²) >= 11 is 0. The van der Waals surface area contributed by atoms with Crippen molar-refractivity contribution in [2.24, 2.45) is 0 Å². The summed E-state index contributed by atoms with van der Waals surface area (Å²) in [6, 6.07) is 0. The third-order valence-electron chi connectivity index (χ3n) is 0.306. The predicted molar refractivity (Wildman–Crippen MR) is 27.1 cm³/mol. The Labute approximate surface area is 81.6 Å². The van der Waals surface area contributed by atoms with Crippen molar-refractivity contribution in [2.75, 3.05) is 0 Å². The van der Waals surface area contributed by atoms with Gasteiger partial charge in [0, 0.05) is 0 Å². The maximum Gasteiger partial charge on any atom is 1.00 e. The van der Waals surface area contributed by atoms with Gasteiger partial charge in [0.1, 0.15) is 0 Å². The SMILES string of the molecule is CC(C)(O)OS(=O)(=O)[O-].[Na+]. The van der Waals surface area contributed by atoms with Gasteiger partial charge in [0.25, 0.3) is 0 Å². The van der Waals surface area contributed by atoms with E-state index in [0.29, 0.717) is 0 Å². The molecule has 0 bridgehead atoms. The molecular weight excluding hydrogens is 171 g/mol. The topological polar surface area (TPSA) is 86.7 Å². The minimum Gasteiger partial charge on any atom is -0.725 e. The second-order valence-electron chi connectivity index (χ2n) is 1.94. The molecule has 0 spiro atoms. The quantitative estimate of drug-likeness (QED) is 0.203.